The molecular weight excluding hydrogens is 254 g/mol. The van der Waals surface area contributed by atoms with Crippen molar-refractivity contribution in [3.05, 3.63) is 29.8 Å². The lowest BCUT2D eigenvalue weighted by molar-refractivity contribution is -0.143. The third-order valence-electron chi connectivity index (χ3n) is 4.17. The van der Waals surface area contributed by atoms with Gasteiger partial charge in [-0.25, -0.2) is 0 Å². The van der Waals surface area contributed by atoms with Crippen LogP contribution in [0.5, 0.6) is 5.75 Å². The molecule has 2 atom stereocenters. The minimum atomic E-state index is -0.679. The molecule has 0 bridgehead atoms. The molecule has 20 heavy (non-hydrogen) atoms. The van der Waals surface area contributed by atoms with Gasteiger partial charge < -0.3 is 10.2 Å². The smallest absolute Gasteiger partial charge is 0.307 e. The fourth-order valence-electron chi connectivity index (χ4n) is 3.03. The number of piperidine rings is 1. The molecule has 1 aromatic carbocycles. The van der Waals surface area contributed by atoms with Gasteiger partial charge in [-0.3, -0.25) is 9.69 Å². The molecule has 4 heteroatoms. The molecule has 0 aliphatic carbocycles. The summed E-state index contributed by atoms with van der Waals surface area (Å²) >= 11 is 0. The van der Waals surface area contributed by atoms with Gasteiger partial charge in [-0.15, -0.1) is 0 Å². The minimum absolute atomic E-state index is 0.234. The van der Waals surface area contributed by atoms with Gasteiger partial charge in [0.2, 0.25) is 0 Å². The number of carbonyl (C=O) groups is 1. The lowest BCUT2D eigenvalue weighted by Gasteiger charge is -2.36. The normalized spacial score (nSPS) is 21.6. The molecule has 1 heterocycles. The van der Waals surface area contributed by atoms with E-state index in [1.54, 1.807) is 12.1 Å². The number of likely N-dealkylation sites (tertiary alicyclic amines) is 1. The van der Waals surface area contributed by atoms with E-state index in [-0.39, 0.29) is 5.92 Å². The fourth-order valence-corrected chi connectivity index (χ4v) is 3.03. The van der Waals surface area contributed by atoms with Crippen molar-refractivity contribution in [2.45, 2.75) is 38.6 Å². The number of benzene rings is 1. The Morgan fingerprint density at radius 2 is 2.30 bits per heavy atom. The molecule has 4 nitrogen and oxygen atoms in total. The van der Waals surface area contributed by atoms with Gasteiger partial charge in [0.1, 0.15) is 5.75 Å². The lowest BCUT2D eigenvalue weighted by Crippen LogP contribution is -2.45. The van der Waals surface area contributed by atoms with Crippen molar-refractivity contribution < 1.29 is 15.0 Å². The van der Waals surface area contributed by atoms with Gasteiger partial charge in [-0.1, -0.05) is 19.1 Å². The molecule has 2 N–H and O–H groups in total. The van der Waals surface area contributed by atoms with Crippen molar-refractivity contribution in [1.82, 2.24) is 4.90 Å². The Kier molecular flexibility index (Phi) is 5.01. The summed E-state index contributed by atoms with van der Waals surface area (Å²) < 4.78 is 0. The SMILES string of the molecule is CCC(Cc1cccc(O)c1)N1CCCC(C(=O)O)C1. The Balaban J connectivity index is 2.02. The number of rotatable bonds is 5. The monoisotopic (exact) mass is 277 g/mol. The summed E-state index contributed by atoms with van der Waals surface area (Å²) in [6.45, 7) is 3.76. The van der Waals surface area contributed by atoms with Crippen LogP contribution >= 0.6 is 0 Å². The first-order valence-corrected chi connectivity index (χ1v) is 7.35. The van der Waals surface area contributed by atoms with Crippen LogP contribution < -0.4 is 0 Å². The van der Waals surface area contributed by atoms with Crippen molar-refractivity contribution in [3.8, 4) is 5.75 Å². The van der Waals surface area contributed by atoms with E-state index in [0.29, 0.717) is 18.3 Å². The first-order valence-electron chi connectivity index (χ1n) is 7.35. The van der Waals surface area contributed by atoms with E-state index in [0.717, 1.165) is 37.8 Å². The Labute approximate surface area is 120 Å². The summed E-state index contributed by atoms with van der Waals surface area (Å²) in [4.78, 5) is 13.5. The maximum atomic E-state index is 11.2. The Bertz CT molecular complexity index is 461. The maximum absolute atomic E-state index is 11.2. The van der Waals surface area contributed by atoms with Crippen LogP contribution in [0.1, 0.15) is 31.7 Å². The van der Waals surface area contributed by atoms with Gasteiger partial charge in [-0.2, -0.15) is 0 Å². The van der Waals surface area contributed by atoms with E-state index >= 15 is 0 Å². The standard InChI is InChI=1S/C16H23NO3/c1-2-14(9-12-5-3-7-15(18)10-12)17-8-4-6-13(11-17)16(19)20/h3,5,7,10,13-14,18H,2,4,6,8-9,11H2,1H3,(H,19,20). The van der Waals surface area contributed by atoms with Crippen LogP contribution in [0.3, 0.4) is 0 Å². The van der Waals surface area contributed by atoms with Gasteiger partial charge in [-0.05, 0) is 49.9 Å². The van der Waals surface area contributed by atoms with E-state index in [2.05, 4.69) is 11.8 Å². The average molecular weight is 277 g/mol. The number of phenols is 1. The van der Waals surface area contributed by atoms with Crippen LogP contribution in [0, 0.1) is 5.92 Å². The number of nitrogens with zero attached hydrogens (tertiary/aromatic N) is 1. The molecule has 0 saturated carbocycles. The second kappa shape index (κ2) is 6.75. The average Bonchev–Trinajstić information content (AvgIpc) is 2.45. The number of aromatic hydroxyl groups is 1. The zero-order chi connectivity index (χ0) is 14.5. The van der Waals surface area contributed by atoms with E-state index in [1.807, 2.05) is 12.1 Å². The van der Waals surface area contributed by atoms with Crippen molar-refractivity contribution >= 4 is 5.97 Å². The molecule has 1 aliphatic heterocycles. The van der Waals surface area contributed by atoms with Crippen LogP contribution in [0.15, 0.2) is 24.3 Å². The summed E-state index contributed by atoms with van der Waals surface area (Å²) in [5, 5.41) is 18.7. The van der Waals surface area contributed by atoms with Gasteiger partial charge in [0, 0.05) is 12.6 Å². The molecule has 0 radical (unpaired) electrons. The molecule has 2 unspecified atom stereocenters. The quantitative estimate of drug-likeness (QED) is 0.868. The minimum Gasteiger partial charge on any atom is -0.508 e. The highest BCUT2D eigenvalue weighted by molar-refractivity contribution is 5.70. The zero-order valence-electron chi connectivity index (χ0n) is 12.0. The summed E-state index contributed by atoms with van der Waals surface area (Å²) in [7, 11) is 0. The van der Waals surface area contributed by atoms with E-state index in [4.69, 9.17) is 0 Å². The molecule has 0 spiro atoms. The maximum Gasteiger partial charge on any atom is 0.307 e. The second-order valence-corrected chi connectivity index (χ2v) is 5.61. The Morgan fingerprint density at radius 1 is 1.50 bits per heavy atom. The molecule has 0 amide bonds. The van der Waals surface area contributed by atoms with Crippen LogP contribution in [0.4, 0.5) is 0 Å². The van der Waals surface area contributed by atoms with Crippen LogP contribution in [-0.2, 0) is 11.2 Å². The highest BCUT2D eigenvalue weighted by Gasteiger charge is 2.28. The predicted octanol–water partition coefficient (Wildman–Crippen LogP) is 2.51. The summed E-state index contributed by atoms with van der Waals surface area (Å²) in [5.41, 5.74) is 1.11. The van der Waals surface area contributed by atoms with Crippen molar-refractivity contribution in [2.24, 2.45) is 5.92 Å². The van der Waals surface area contributed by atoms with Gasteiger partial charge in [0.05, 0.1) is 5.92 Å². The third kappa shape index (κ3) is 3.73. The number of hydrogen-bond acceptors (Lipinski definition) is 3. The molecular formula is C16H23NO3. The van der Waals surface area contributed by atoms with Crippen LogP contribution in [-0.4, -0.2) is 40.2 Å². The molecule has 0 aromatic heterocycles. The van der Waals surface area contributed by atoms with E-state index < -0.39 is 5.97 Å². The van der Waals surface area contributed by atoms with E-state index in [9.17, 15) is 15.0 Å². The van der Waals surface area contributed by atoms with Crippen molar-refractivity contribution in [1.29, 1.82) is 0 Å². The number of phenolic OH excluding ortho intramolecular Hbond substituents is 1. The molecule has 1 aliphatic rings. The van der Waals surface area contributed by atoms with Crippen molar-refractivity contribution in [2.75, 3.05) is 13.1 Å². The van der Waals surface area contributed by atoms with Gasteiger partial charge in [0.25, 0.3) is 0 Å². The molecule has 1 saturated heterocycles. The number of aliphatic carboxylic acids is 1. The highest BCUT2D eigenvalue weighted by Crippen LogP contribution is 2.23. The summed E-state index contributed by atoms with van der Waals surface area (Å²) in [6.07, 6.45) is 3.58. The number of carboxylic acid groups (broad SMARTS) is 1. The van der Waals surface area contributed by atoms with Crippen LogP contribution in [0.25, 0.3) is 0 Å². The zero-order valence-corrected chi connectivity index (χ0v) is 12.0. The molecule has 1 fully saturated rings. The summed E-state index contributed by atoms with van der Waals surface area (Å²) in [6, 6.07) is 7.68. The second-order valence-electron chi connectivity index (χ2n) is 5.61. The number of carboxylic acids is 1. The van der Waals surface area contributed by atoms with Gasteiger partial charge >= 0.3 is 5.97 Å². The Morgan fingerprint density at radius 3 is 2.95 bits per heavy atom. The molecule has 2 rings (SSSR count). The Hall–Kier alpha value is -1.55. The first-order chi connectivity index (χ1) is 9.60. The fraction of sp³-hybridized carbons (Fsp3) is 0.562. The first kappa shape index (κ1) is 14.9. The summed E-state index contributed by atoms with van der Waals surface area (Å²) in [5.74, 6) is -0.622. The van der Waals surface area contributed by atoms with E-state index in [1.165, 1.54) is 0 Å². The largest absolute Gasteiger partial charge is 0.508 e. The third-order valence-corrected chi connectivity index (χ3v) is 4.17. The number of hydrogen-bond donors (Lipinski definition) is 2. The van der Waals surface area contributed by atoms with Crippen molar-refractivity contribution in [3.63, 3.8) is 0 Å². The topological polar surface area (TPSA) is 60.8 Å². The van der Waals surface area contributed by atoms with Gasteiger partial charge in [0.15, 0.2) is 0 Å². The highest BCUT2D eigenvalue weighted by atomic mass is 16.4. The lowest BCUT2D eigenvalue weighted by atomic mass is 9.94. The predicted molar refractivity (Wildman–Crippen MR) is 77.8 cm³/mol. The molecule has 1 aromatic rings. The van der Waals surface area contributed by atoms with Crippen LogP contribution in [0.2, 0.25) is 0 Å². The molecule has 110 valence electrons.